The predicted octanol–water partition coefficient (Wildman–Crippen LogP) is 2.39. The van der Waals surface area contributed by atoms with Gasteiger partial charge in [-0.05, 0) is 26.7 Å². The van der Waals surface area contributed by atoms with Gasteiger partial charge in [-0.2, -0.15) is 0 Å². The Morgan fingerprint density at radius 3 is 2.06 bits per heavy atom. The Bertz CT molecular complexity index is 298. The molecule has 0 spiro atoms. The smallest absolute Gasteiger partial charge is 0.408 e. The molecule has 0 aliphatic heterocycles. The molecule has 5 nitrogen and oxygen atoms in total. The van der Waals surface area contributed by atoms with Crippen LogP contribution in [0.15, 0.2) is 0 Å². The largest absolute Gasteiger partial charge is 0.479 e. The second-order valence-corrected chi connectivity index (χ2v) is 5.75. The summed E-state index contributed by atoms with van der Waals surface area (Å²) in [6.07, 6.45) is -0.729. The number of carbonyl (C=O) groups excluding carboxylic acids is 1. The van der Waals surface area contributed by atoms with Crippen molar-refractivity contribution in [2.45, 2.75) is 45.8 Å². The SMILES string of the molecule is CC(C)[C@@](CBr)(NC(=O)OC(C)(C)C)C(=O)O. The van der Waals surface area contributed by atoms with Crippen molar-refractivity contribution >= 4 is 28.0 Å². The molecule has 1 amide bonds. The molecule has 2 N–H and O–H groups in total. The van der Waals surface area contributed by atoms with Crippen LogP contribution in [0.4, 0.5) is 4.79 Å². The van der Waals surface area contributed by atoms with E-state index in [1.807, 2.05) is 0 Å². The predicted molar refractivity (Wildman–Crippen MR) is 68.4 cm³/mol. The van der Waals surface area contributed by atoms with Gasteiger partial charge in [0.05, 0.1) is 0 Å². The lowest BCUT2D eigenvalue weighted by atomic mass is 9.89. The van der Waals surface area contributed by atoms with E-state index in [2.05, 4.69) is 21.2 Å². The minimum atomic E-state index is -1.36. The van der Waals surface area contributed by atoms with E-state index in [0.29, 0.717) is 0 Å². The van der Waals surface area contributed by atoms with Gasteiger partial charge in [0.2, 0.25) is 0 Å². The van der Waals surface area contributed by atoms with Crippen molar-refractivity contribution in [3.8, 4) is 0 Å². The highest BCUT2D eigenvalue weighted by Gasteiger charge is 2.43. The van der Waals surface area contributed by atoms with Crippen molar-refractivity contribution in [1.82, 2.24) is 5.32 Å². The van der Waals surface area contributed by atoms with Crippen LogP contribution in [0.2, 0.25) is 0 Å². The lowest BCUT2D eigenvalue weighted by Gasteiger charge is -2.33. The Labute approximate surface area is 110 Å². The van der Waals surface area contributed by atoms with Crippen molar-refractivity contribution in [2.24, 2.45) is 5.92 Å². The Hall–Kier alpha value is -0.780. The first-order valence-corrected chi connectivity index (χ1v) is 6.48. The normalized spacial score (nSPS) is 15.2. The minimum absolute atomic E-state index is 0.117. The summed E-state index contributed by atoms with van der Waals surface area (Å²) in [6.45, 7) is 8.62. The number of nitrogens with one attached hydrogen (secondary N) is 1. The molecule has 0 aliphatic carbocycles. The summed E-state index contributed by atoms with van der Waals surface area (Å²) in [5.41, 5.74) is -2.01. The van der Waals surface area contributed by atoms with Crippen LogP contribution >= 0.6 is 15.9 Å². The Kier molecular flexibility index (Phi) is 5.45. The topological polar surface area (TPSA) is 75.6 Å². The molecule has 100 valence electrons. The molecule has 0 radical (unpaired) electrons. The summed E-state index contributed by atoms with van der Waals surface area (Å²) >= 11 is 3.13. The number of carbonyl (C=O) groups is 2. The number of hydrogen-bond donors (Lipinski definition) is 2. The molecule has 6 heteroatoms. The highest BCUT2D eigenvalue weighted by atomic mass is 79.9. The van der Waals surface area contributed by atoms with Crippen LogP contribution in [0, 0.1) is 5.92 Å². The maximum Gasteiger partial charge on any atom is 0.408 e. The average molecular weight is 310 g/mol. The molecule has 1 atom stereocenters. The Morgan fingerprint density at radius 2 is 1.82 bits per heavy atom. The number of amides is 1. The fraction of sp³-hybridized carbons (Fsp3) is 0.818. The zero-order valence-corrected chi connectivity index (χ0v) is 12.4. The molecule has 17 heavy (non-hydrogen) atoms. The van der Waals surface area contributed by atoms with Gasteiger partial charge in [-0.25, -0.2) is 9.59 Å². The molecule has 0 saturated carbocycles. The van der Waals surface area contributed by atoms with Gasteiger partial charge in [0.1, 0.15) is 5.60 Å². The van der Waals surface area contributed by atoms with E-state index in [-0.39, 0.29) is 11.2 Å². The van der Waals surface area contributed by atoms with Crippen LogP contribution in [0.5, 0.6) is 0 Å². The van der Waals surface area contributed by atoms with E-state index in [1.165, 1.54) is 0 Å². The average Bonchev–Trinajstić information content (AvgIpc) is 2.09. The van der Waals surface area contributed by atoms with Crippen LogP contribution < -0.4 is 5.32 Å². The molecule has 0 fully saturated rings. The van der Waals surface area contributed by atoms with Gasteiger partial charge in [-0.15, -0.1) is 0 Å². The molecule has 0 unspecified atom stereocenters. The molecule has 0 heterocycles. The lowest BCUT2D eigenvalue weighted by molar-refractivity contribution is -0.145. The first-order valence-electron chi connectivity index (χ1n) is 5.35. The van der Waals surface area contributed by atoms with Crippen LogP contribution in [0.1, 0.15) is 34.6 Å². The molecule has 0 rings (SSSR count). The fourth-order valence-electron chi connectivity index (χ4n) is 1.18. The maximum absolute atomic E-state index is 11.6. The molecule has 0 aromatic carbocycles. The molecule has 0 aliphatic rings. The second kappa shape index (κ2) is 5.71. The van der Waals surface area contributed by atoms with E-state index in [1.54, 1.807) is 34.6 Å². The molecule has 0 aromatic rings. The van der Waals surface area contributed by atoms with Crippen molar-refractivity contribution in [2.75, 3.05) is 5.33 Å². The number of ether oxygens (including phenoxy) is 1. The van der Waals surface area contributed by atoms with Crippen molar-refractivity contribution < 1.29 is 19.4 Å². The lowest BCUT2D eigenvalue weighted by Crippen LogP contribution is -2.60. The van der Waals surface area contributed by atoms with Crippen molar-refractivity contribution in [3.63, 3.8) is 0 Å². The van der Waals surface area contributed by atoms with E-state index >= 15 is 0 Å². The van der Waals surface area contributed by atoms with E-state index in [9.17, 15) is 14.7 Å². The summed E-state index contributed by atoms with van der Waals surface area (Å²) in [6, 6.07) is 0. The van der Waals surface area contributed by atoms with Gasteiger partial charge in [0, 0.05) is 5.33 Å². The summed E-state index contributed by atoms with van der Waals surface area (Å²) in [5.74, 6) is -1.36. The number of rotatable bonds is 4. The van der Waals surface area contributed by atoms with Gasteiger partial charge in [-0.3, -0.25) is 0 Å². The number of alkyl carbamates (subject to hydrolysis) is 1. The third-order valence-corrected chi connectivity index (χ3v) is 3.19. The molecule has 0 bridgehead atoms. The van der Waals surface area contributed by atoms with Gasteiger partial charge in [-0.1, -0.05) is 29.8 Å². The molecule has 0 aromatic heterocycles. The number of halogens is 1. The summed E-state index contributed by atoms with van der Waals surface area (Å²) in [5, 5.41) is 11.8. The second-order valence-electron chi connectivity index (χ2n) is 5.19. The monoisotopic (exact) mass is 309 g/mol. The van der Waals surface area contributed by atoms with E-state index in [0.717, 1.165) is 0 Å². The number of carboxylic acids is 1. The Morgan fingerprint density at radius 1 is 1.35 bits per heavy atom. The summed E-state index contributed by atoms with van der Waals surface area (Å²) in [7, 11) is 0. The van der Waals surface area contributed by atoms with Gasteiger partial charge in [0.15, 0.2) is 5.54 Å². The van der Waals surface area contributed by atoms with E-state index < -0.39 is 23.2 Å². The zero-order chi connectivity index (χ0) is 13.9. The highest BCUT2D eigenvalue weighted by Crippen LogP contribution is 2.21. The quantitative estimate of drug-likeness (QED) is 0.782. The number of alkyl halides is 1. The molecular weight excluding hydrogens is 290 g/mol. The number of aliphatic carboxylic acids is 1. The van der Waals surface area contributed by atoms with Crippen LogP contribution in [-0.4, -0.2) is 33.6 Å². The number of hydrogen-bond acceptors (Lipinski definition) is 3. The third kappa shape index (κ3) is 4.53. The van der Waals surface area contributed by atoms with E-state index in [4.69, 9.17) is 4.74 Å². The highest BCUT2D eigenvalue weighted by molar-refractivity contribution is 9.09. The minimum Gasteiger partial charge on any atom is -0.479 e. The van der Waals surface area contributed by atoms with Crippen LogP contribution in [0.25, 0.3) is 0 Å². The number of carboxylic acid groups (broad SMARTS) is 1. The fourth-order valence-corrected chi connectivity index (χ4v) is 2.20. The molecular formula is C11H20BrNO4. The van der Waals surface area contributed by atoms with Gasteiger partial charge < -0.3 is 15.2 Å². The first-order chi connectivity index (χ1) is 7.55. The van der Waals surface area contributed by atoms with Gasteiger partial charge >= 0.3 is 12.1 Å². The standard InChI is InChI=1S/C11H20BrNO4/c1-7(2)11(6-12,8(14)15)13-9(16)17-10(3,4)5/h7H,6H2,1-5H3,(H,13,16)(H,14,15)/t11-/m1/s1. The van der Waals surface area contributed by atoms with Crippen LogP contribution in [-0.2, 0) is 9.53 Å². The zero-order valence-electron chi connectivity index (χ0n) is 10.8. The van der Waals surface area contributed by atoms with Crippen molar-refractivity contribution in [1.29, 1.82) is 0 Å². The Balaban J connectivity index is 4.89. The van der Waals surface area contributed by atoms with Crippen molar-refractivity contribution in [3.05, 3.63) is 0 Å². The summed E-state index contributed by atoms with van der Waals surface area (Å²) in [4.78, 5) is 22.9. The first kappa shape index (κ1) is 16.2. The van der Waals surface area contributed by atoms with Gasteiger partial charge in [0.25, 0.3) is 0 Å². The van der Waals surface area contributed by atoms with Crippen LogP contribution in [0.3, 0.4) is 0 Å². The summed E-state index contributed by atoms with van der Waals surface area (Å²) < 4.78 is 5.06. The molecule has 0 saturated heterocycles. The third-order valence-electron chi connectivity index (χ3n) is 2.30. The maximum atomic E-state index is 11.6.